The lowest BCUT2D eigenvalue weighted by Crippen LogP contribution is -2.63. The molecule has 1 aromatic rings. The summed E-state index contributed by atoms with van der Waals surface area (Å²) in [7, 11) is 1.70. The van der Waals surface area contributed by atoms with E-state index >= 15 is 0 Å². The molecule has 146 valence electrons. The van der Waals surface area contributed by atoms with Crippen molar-refractivity contribution in [2.45, 2.75) is 58.5 Å². The fourth-order valence-corrected chi connectivity index (χ4v) is 4.57. The molecule has 1 saturated carbocycles. The molecule has 3 amide bonds. The third kappa shape index (κ3) is 2.61. The van der Waals surface area contributed by atoms with Gasteiger partial charge in [-0.25, -0.2) is 13.9 Å². The van der Waals surface area contributed by atoms with Crippen LogP contribution in [0.15, 0.2) is 4.99 Å². The molecule has 0 bridgehead atoms. The van der Waals surface area contributed by atoms with Gasteiger partial charge in [-0.05, 0) is 46.5 Å². The van der Waals surface area contributed by atoms with Gasteiger partial charge in [-0.15, -0.1) is 0 Å². The van der Waals surface area contributed by atoms with Crippen molar-refractivity contribution in [2.24, 2.45) is 4.99 Å². The maximum atomic E-state index is 13.2. The second-order valence-electron chi connectivity index (χ2n) is 7.55. The predicted octanol–water partition coefficient (Wildman–Crippen LogP) is 2.02. The molecule has 1 unspecified atom stereocenters. The van der Waals surface area contributed by atoms with Gasteiger partial charge < -0.3 is 4.74 Å². The zero-order valence-electron chi connectivity index (χ0n) is 16.6. The summed E-state index contributed by atoms with van der Waals surface area (Å²) in [5, 5.41) is 0. The maximum Gasteiger partial charge on any atom is 0.402 e. The van der Waals surface area contributed by atoms with E-state index in [0.29, 0.717) is 25.1 Å². The van der Waals surface area contributed by atoms with E-state index in [1.165, 1.54) is 22.6 Å². The van der Waals surface area contributed by atoms with E-state index in [2.05, 4.69) is 11.5 Å². The number of imide groups is 1. The van der Waals surface area contributed by atoms with E-state index in [4.69, 9.17) is 9.73 Å². The summed E-state index contributed by atoms with van der Waals surface area (Å²) in [5.41, 5.74) is 2.20. The van der Waals surface area contributed by atoms with Gasteiger partial charge in [0.15, 0.2) is 0 Å². The lowest BCUT2D eigenvalue weighted by molar-refractivity contribution is -0.683. The molecule has 3 aliphatic rings. The number of hydrogen-bond acceptors (Lipinski definition) is 4. The van der Waals surface area contributed by atoms with Crippen molar-refractivity contribution in [1.29, 1.82) is 0 Å². The SMILES string of the molecule is CCOCCN1C(=O)C2C(=Nc3n(C4CCCC4)c(C)c(C)[n+]32)N(C)C1=O. The van der Waals surface area contributed by atoms with E-state index in [0.717, 1.165) is 30.2 Å². The first-order valence-corrected chi connectivity index (χ1v) is 9.85. The lowest BCUT2D eigenvalue weighted by Gasteiger charge is -2.33. The summed E-state index contributed by atoms with van der Waals surface area (Å²) >= 11 is 0. The number of carbonyl (C=O) groups excluding carboxylic acids is 2. The molecule has 2 fully saturated rings. The summed E-state index contributed by atoms with van der Waals surface area (Å²) < 4.78 is 9.65. The number of likely N-dealkylation sites (N-methyl/N-ethyl adjacent to an activating group) is 1. The molecule has 0 spiro atoms. The third-order valence-electron chi connectivity index (χ3n) is 6.11. The number of aliphatic imine (C=N–C) groups is 1. The number of aromatic nitrogens is 2. The van der Waals surface area contributed by atoms with Gasteiger partial charge in [0, 0.05) is 13.7 Å². The van der Waals surface area contributed by atoms with Crippen LogP contribution in [-0.2, 0) is 9.53 Å². The summed E-state index contributed by atoms with van der Waals surface area (Å²) in [6.07, 6.45) is 4.73. The average Bonchev–Trinajstić information content (AvgIpc) is 3.35. The Balaban J connectivity index is 1.75. The van der Waals surface area contributed by atoms with Crippen LogP contribution in [0.3, 0.4) is 0 Å². The van der Waals surface area contributed by atoms with Crippen molar-refractivity contribution in [3.8, 4) is 0 Å². The largest absolute Gasteiger partial charge is 0.402 e. The van der Waals surface area contributed by atoms with Gasteiger partial charge in [-0.2, -0.15) is 0 Å². The zero-order chi connectivity index (χ0) is 19.3. The Morgan fingerprint density at radius 1 is 1.22 bits per heavy atom. The van der Waals surface area contributed by atoms with Crippen molar-refractivity contribution in [1.82, 2.24) is 14.4 Å². The Bertz CT molecular complexity index is 822. The quantitative estimate of drug-likeness (QED) is 0.585. The van der Waals surface area contributed by atoms with Gasteiger partial charge in [0.05, 0.1) is 19.2 Å². The van der Waals surface area contributed by atoms with Crippen LogP contribution in [0.1, 0.15) is 56.1 Å². The van der Waals surface area contributed by atoms with E-state index < -0.39 is 6.04 Å². The van der Waals surface area contributed by atoms with Crippen LogP contribution < -0.4 is 4.57 Å². The Morgan fingerprint density at radius 2 is 1.93 bits per heavy atom. The number of imidazole rings is 1. The summed E-state index contributed by atoms with van der Waals surface area (Å²) in [5.74, 6) is 1.12. The van der Waals surface area contributed by atoms with Gasteiger partial charge in [0.25, 0.3) is 5.91 Å². The number of ether oxygens (including phenoxy) is 1. The molecular formula is C19H28N5O3+. The number of fused-ring (bicyclic) bond motifs is 3. The molecule has 0 aromatic carbocycles. The normalized spacial score (nSPS) is 22.5. The van der Waals surface area contributed by atoms with Crippen LogP contribution in [0, 0.1) is 13.8 Å². The number of carbonyl (C=O) groups is 2. The second kappa shape index (κ2) is 6.74. The molecule has 1 aliphatic carbocycles. The molecule has 0 N–H and O–H groups in total. The highest BCUT2D eigenvalue weighted by Gasteiger charge is 2.54. The smallest absolute Gasteiger partial charge is 0.380 e. The van der Waals surface area contributed by atoms with Crippen LogP contribution in [0.25, 0.3) is 0 Å². The predicted molar refractivity (Wildman–Crippen MR) is 99.1 cm³/mol. The number of nitrogens with zero attached hydrogens (tertiary/aromatic N) is 5. The van der Waals surface area contributed by atoms with Gasteiger partial charge in [-0.3, -0.25) is 14.6 Å². The van der Waals surface area contributed by atoms with Gasteiger partial charge in [0.2, 0.25) is 11.9 Å². The first kappa shape index (κ1) is 18.2. The molecule has 4 rings (SSSR count). The number of hydrogen-bond donors (Lipinski definition) is 0. The molecule has 2 aliphatic heterocycles. The molecule has 1 aromatic heterocycles. The van der Waals surface area contributed by atoms with Crippen molar-refractivity contribution in [3.63, 3.8) is 0 Å². The molecule has 1 saturated heterocycles. The molecule has 1 atom stereocenters. The monoisotopic (exact) mass is 374 g/mol. The first-order valence-electron chi connectivity index (χ1n) is 9.85. The summed E-state index contributed by atoms with van der Waals surface area (Å²) in [6.45, 7) is 7.20. The van der Waals surface area contributed by atoms with Crippen molar-refractivity contribution < 1.29 is 18.9 Å². The molecule has 8 nitrogen and oxygen atoms in total. The Morgan fingerprint density at radius 3 is 2.59 bits per heavy atom. The number of amidine groups is 1. The van der Waals surface area contributed by atoms with Gasteiger partial charge >= 0.3 is 12.0 Å². The summed E-state index contributed by atoms with van der Waals surface area (Å²) in [4.78, 5) is 33.5. The van der Waals surface area contributed by atoms with Crippen molar-refractivity contribution >= 4 is 23.7 Å². The minimum absolute atomic E-state index is 0.216. The zero-order valence-corrected chi connectivity index (χ0v) is 16.6. The van der Waals surface area contributed by atoms with Gasteiger partial charge in [-0.1, -0.05) is 4.99 Å². The maximum absolute atomic E-state index is 13.2. The number of urea groups is 1. The summed E-state index contributed by atoms with van der Waals surface area (Å²) in [6, 6.07) is -0.470. The highest BCUT2D eigenvalue weighted by Crippen LogP contribution is 2.38. The molecular weight excluding hydrogens is 346 g/mol. The van der Waals surface area contributed by atoms with Crippen LogP contribution in [0.2, 0.25) is 0 Å². The topological polar surface area (TPSA) is 71.0 Å². The average molecular weight is 374 g/mol. The van der Waals surface area contributed by atoms with Crippen molar-refractivity contribution in [3.05, 3.63) is 11.4 Å². The highest BCUT2D eigenvalue weighted by molar-refractivity contribution is 6.19. The van der Waals surface area contributed by atoms with E-state index in [1.807, 2.05) is 18.4 Å². The molecule has 27 heavy (non-hydrogen) atoms. The first-order chi connectivity index (χ1) is 13.0. The fourth-order valence-electron chi connectivity index (χ4n) is 4.57. The molecule has 3 heterocycles. The minimum Gasteiger partial charge on any atom is -0.380 e. The Labute approximate surface area is 159 Å². The lowest BCUT2D eigenvalue weighted by atomic mass is 10.1. The van der Waals surface area contributed by atoms with Crippen LogP contribution in [-0.4, -0.2) is 58.9 Å². The Hall–Kier alpha value is -2.22. The van der Waals surface area contributed by atoms with E-state index in [9.17, 15) is 9.59 Å². The van der Waals surface area contributed by atoms with Gasteiger partial charge in [0.1, 0.15) is 11.4 Å². The number of rotatable bonds is 5. The van der Waals surface area contributed by atoms with Crippen LogP contribution in [0.4, 0.5) is 10.7 Å². The second-order valence-corrected chi connectivity index (χ2v) is 7.55. The van der Waals surface area contributed by atoms with E-state index in [-0.39, 0.29) is 18.5 Å². The number of amides is 3. The highest BCUT2D eigenvalue weighted by atomic mass is 16.5. The standard InChI is InChI=1S/C19H28N5O3/c1-5-27-11-10-22-17(25)15-16(21(4)19(22)26)20-18-23(14-8-6-7-9-14)12(2)13(3)24(15)18/h14-15H,5-11H2,1-4H3/q+1. The molecule has 8 heteroatoms. The minimum atomic E-state index is -0.564. The van der Waals surface area contributed by atoms with Crippen molar-refractivity contribution in [2.75, 3.05) is 26.8 Å². The van der Waals surface area contributed by atoms with E-state index in [1.54, 1.807) is 7.05 Å². The third-order valence-corrected chi connectivity index (χ3v) is 6.11. The molecule has 0 radical (unpaired) electrons. The Kier molecular flexibility index (Phi) is 4.53. The van der Waals surface area contributed by atoms with Crippen LogP contribution in [0.5, 0.6) is 0 Å². The fraction of sp³-hybridized carbons (Fsp3) is 0.684. The van der Waals surface area contributed by atoms with Crippen LogP contribution >= 0.6 is 0 Å².